The summed E-state index contributed by atoms with van der Waals surface area (Å²) in [7, 11) is 3.23. The molecule has 0 N–H and O–H groups in total. The fraction of sp³-hybridized carbons (Fsp3) is 0.750. The van der Waals surface area contributed by atoms with E-state index in [2.05, 4.69) is 0 Å². The molecule has 0 atom stereocenters. The molecule has 0 aliphatic heterocycles. The van der Waals surface area contributed by atoms with E-state index in [4.69, 9.17) is 18.9 Å². The third-order valence-corrected chi connectivity index (χ3v) is 1.99. The molecule has 0 amide bonds. The molecule has 0 aliphatic rings. The molecule has 0 aliphatic carbocycles. The Morgan fingerprint density at radius 2 is 1.65 bits per heavy atom. The monoisotopic (exact) mass is 246 g/mol. The third kappa shape index (κ3) is 9.99. The van der Waals surface area contributed by atoms with Gasteiger partial charge in [-0.2, -0.15) is 0 Å². The van der Waals surface area contributed by atoms with E-state index in [9.17, 15) is 4.79 Å². The van der Waals surface area contributed by atoms with Gasteiger partial charge < -0.3 is 18.9 Å². The van der Waals surface area contributed by atoms with E-state index in [0.29, 0.717) is 38.4 Å². The lowest BCUT2D eigenvalue weighted by molar-refractivity contribution is -0.140. The molecule has 0 saturated carbocycles. The number of ether oxygens (including phenoxy) is 4. The van der Waals surface area contributed by atoms with Crippen LogP contribution in [0.1, 0.15) is 13.3 Å². The van der Waals surface area contributed by atoms with Gasteiger partial charge in [0, 0.05) is 26.4 Å². The van der Waals surface area contributed by atoms with Crippen LogP contribution in [0.25, 0.3) is 0 Å². The van der Waals surface area contributed by atoms with Gasteiger partial charge in [-0.1, -0.05) is 6.08 Å². The molecule has 0 aromatic rings. The first-order valence-corrected chi connectivity index (χ1v) is 5.62. The number of hydrogen-bond donors (Lipinski definition) is 0. The van der Waals surface area contributed by atoms with Crippen LogP contribution in [0.4, 0.5) is 0 Å². The molecule has 17 heavy (non-hydrogen) atoms. The lowest BCUT2D eigenvalue weighted by Gasteiger charge is -2.06. The first-order valence-electron chi connectivity index (χ1n) is 5.62. The molecule has 0 fully saturated rings. The number of carbonyl (C=O) groups excluding carboxylic acids is 1. The van der Waals surface area contributed by atoms with Gasteiger partial charge in [0.2, 0.25) is 0 Å². The van der Waals surface area contributed by atoms with Gasteiger partial charge in [0.05, 0.1) is 19.8 Å². The van der Waals surface area contributed by atoms with Crippen LogP contribution in [0, 0.1) is 0 Å². The van der Waals surface area contributed by atoms with Crippen LogP contribution < -0.4 is 0 Å². The van der Waals surface area contributed by atoms with Crippen molar-refractivity contribution in [3.05, 3.63) is 11.6 Å². The molecular formula is C12H22O5. The number of methoxy groups -OCH3 is 2. The van der Waals surface area contributed by atoms with Crippen LogP contribution in [-0.2, 0) is 23.7 Å². The van der Waals surface area contributed by atoms with Crippen molar-refractivity contribution in [2.75, 3.05) is 47.3 Å². The molecule has 0 spiro atoms. The Labute approximate surface area is 103 Å². The molecule has 0 aromatic heterocycles. The first-order chi connectivity index (χ1) is 8.22. The maximum absolute atomic E-state index is 11.4. The van der Waals surface area contributed by atoms with Crippen molar-refractivity contribution < 1.29 is 23.7 Å². The Balaban J connectivity index is 3.53. The lowest BCUT2D eigenvalue weighted by Crippen LogP contribution is -2.13. The van der Waals surface area contributed by atoms with Crippen LogP contribution in [0.15, 0.2) is 11.6 Å². The normalized spacial score (nSPS) is 11.6. The zero-order valence-corrected chi connectivity index (χ0v) is 10.9. The second-order valence-electron chi connectivity index (χ2n) is 3.41. The summed E-state index contributed by atoms with van der Waals surface area (Å²) in [4.78, 5) is 11.4. The Kier molecular flexibility index (Phi) is 11.0. The van der Waals surface area contributed by atoms with Crippen molar-refractivity contribution in [2.24, 2.45) is 0 Å². The maximum atomic E-state index is 11.4. The largest absolute Gasteiger partial charge is 0.460 e. The average Bonchev–Trinajstić information content (AvgIpc) is 2.33. The smallest absolute Gasteiger partial charge is 0.333 e. The molecule has 0 aromatic carbocycles. The minimum absolute atomic E-state index is 0.262. The second-order valence-corrected chi connectivity index (χ2v) is 3.41. The zero-order chi connectivity index (χ0) is 12.9. The summed E-state index contributed by atoms with van der Waals surface area (Å²) in [5.74, 6) is -0.309. The highest BCUT2D eigenvalue weighted by Crippen LogP contribution is 1.99. The summed E-state index contributed by atoms with van der Waals surface area (Å²) in [6.45, 7) is 4.04. The third-order valence-electron chi connectivity index (χ3n) is 1.99. The van der Waals surface area contributed by atoms with Gasteiger partial charge in [-0.15, -0.1) is 0 Å². The number of rotatable bonds is 10. The van der Waals surface area contributed by atoms with Crippen molar-refractivity contribution >= 4 is 5.97 Å². The van der Waals surface area contributed by atoms with E-state index < -0.39 is 0 Å². The summed E-state index contributed by atoms with van der Waals surface area (Å²) in [5.41, 5.74) is 0.596. The fourth-order valence-corrected chi connectivity index (χ4v) is 1.03. The number of esters is 1. The maximum Gasteiger partial charge on any atom is 0.333 e. The van der Waals surface area contributed by atoms with E-state index in [0.717, 1.165) is 0 Å². The topological polar surface area (TPSA) is 54.0 Å². The van der Waals surface area contributed by atoms with Crippen LogP contribution in [0.2, 0.25) is 0 Å². The standard InChI is InChI=1S/C12H22O5/c1-11(5-4-6-14-2)12(13)17-10-9-16-8-7-15-3/h5H,4,6-10H2,1-3H3. The molecule has 0 bridgehead atoms. The Morgan fingerprint density at radius 3 is 2.29 bits per heavy atom. The summed E-state index contributed by atoms with van der Waals surface area (Å²) in [5, 5.41) is 0. The molecule has 0 rings (SSSR count). The highest BCUT2D eigenvalue weighted by atomic mass is 16.6. The average molecular weight is 246 g/mol. The van der Waals surface area contributed by atoms with Crippen LogP contribution >= 0.6 is 0 Å². The molecule has 0 radical (unpaired) electrons. The molecule has 0 unspecified atom stereocenters. The van der Waals surface area contributed by atoms with E-state index >= 15 is 0 Å². The number of hydrogen-bond acceptors (Lipinski definition) is 5. The Morgan fingerprint density at radius 1 is 1.00 bits per heavy atom. The predicted octanol–water partition coefficient (Wildman–Crippen LogP) is 1.18. The molecular weight excluding hydrogens is 224 g/mol. The quantitative estimate of drug-likeness (QED) is 0.329. The fourth-order valence-electron chi connectivity index (χ4n) is 1.03. The van der Waals surface area contributed by atoms with Crippen molar-refractivity contribution in [1.29, 1.82) is 0 Å². The highest BCUT2D eigenvalue weighted by molar-refractivity contribution is 5.87. The van der Waals surface area contributed by atoms with Crippen LogP contribution in [0.3, 0.4) is 0 Å². The minimum atomic E-state index is -0.309. The van der Waals surface area contributed by atoms with Crippen molar-refractivity contribution in [3.63, 3.8) is 0 Å². The van der Waals surface area contributed by atoms with E-state index in [1.165, 1.54) is 0 Å². The Hall–Kier alpha value is -0.910. The van der Waals surface area contributed by atoms with Crippen molar-refractivity contribution in [2.45, 2.75) is 13.3 Å². The van der Waals surface area contributed by atoms with Gasteiger partial charge in [-0.05, 0) is 13.3 Å². The van der Waals surface area contributed by atoms with Gasteiger partial charge in [-0.3, -0.25) is 0 Å². The van der Waals surface area contributed by atoms with Crippen molar-refractivity contribution in [1.82, 2.24) is 0 Å². The van der Waals surface area contributed by atoms with Crippen LogP contribution in [-0.4, -0.2) is 53.2 Å². The Bertz CT molecular complexity index is 225. The van der Waals surface area contributed by atoms with Crippen molar-refractivity contribution in [3.8, 4) is 0 Å². The van der Waals surface area contributed by atoms with E-state index in [1.54, 1.807) is 27.2 Å². The molecule has 5 heteroatoms. The predicted molar refractivity (Wildman–Crippen MR) is 63.9 cm³/mol. The molecule has 0 heterocycles. The zero-order valence-electron chi connectivity index (χ0n) is 10.9. The van der Waals surface area contributed by atoms with E-state index in [1.807, 2.05) is 0 Å². The summed E-state index contributed by atoms with van der Waals surface area (Å²) in [6.07, 6.45) is 2.51. The van der Waals surface area contributed by atoms with Gasteiger partial charge >= 0.3 is 5.97 Å². The highest BCUT2D eigenvalue weighted by Gasteiger charge is 2.04. The van der Waals surface area contributed by atoms with E-state index in [-0.39, 0.29) is 12.6 Å². The molecule has 100 valence electrons. The minimum Gasteiger partial charge on any atom is -0.460 e. The number of carbonyl (C=O) groups is 1. The summed E-state index contributed by atoms with van der Waals surface area (Å²) in [6, 6.07) is 0. The lowest BCUT2D eigenvalue weighted by atomic mass is 10.2. The SMILES string of the molecule is COCCC=C(C)C(=O)OCCOCCOC. The van der Waals surface area contributed by atoms with Crippen LogP contribution in [0.5, 0.6) is 0 Å². The van der Waals surface area contributed by atoms with Gasteiger partial charge in [0.1, 0.15) is 6.61 Å². The van der Waals surface area contributed by atoms with Gasteiger partial charge in [-0.25, -0.2) is 4.79 Å². The first kappa shape index (κ1) is 16.1. The van der Waals surface area contributed by atoms with Gasteiger partial charge in [0.25, 0.3) is 0 Å². The molecule has 5 nitrogen and oxygen atoms in total. The summed E-state index contributed by atoms with van der Waals surface area (Å²) < 4.78 is 19.9. The van der Waals surface area contributed by atoms with Gasteiger partial charge in [0.15, 0.2) is 0 Å². The second kappa shape index (κ2) is 11.6. The summed E-state index contributed by atoms with van der Waals surface area (Å²) >= 11 is 0. The molecule has 0 saturated heterocycles.